The van der Waals surface area contributed by atoms with Gasteiger partial charge in [-0.3, -0.25) is 5.73 Å². The Kier molecular flexibility index (Phi) is 8.52. The number of nitrogens with two attached hydrogens (primary N) is 1. The second-order valence-electron chi connectivity index (χ2n) is 5.01. The fraction of sp³-hybridized carbons (Fsp3) is 0.300. The maximum absolute atomic E-state index is 6.12. The van der Waals surface area contributed by atoms with Crippen molar-refractivity contribution in [1.82, 2.24) is 0 Å². The average Bonchev–Trinajstić information content (AvgIpc) is 2.57. The van der Waals surface area contributed by atoms with E-state index < -0.39 is 6.23 Å². The van der Waals surface area contributed by atoms with E-state index in [9.17, 15) is 0 Å². The average molecular weight is 330 g/mol. The normalized spacial score (nSPS) is 12.2. The van der Waals surface area contributed by atoms with E-state index in [1.54, 1.807) is 0 Å². The van der Waals surface area contributed by atoms with Crippen LogP contribution in [0, 0.1) is 6.92 Å². The Balaban J connectivity index is 0.00000127. The van der Waals surface area contributed by atoms with Crippen LogP contribution < -0.4 is 5.73 Å². The molecule has 1 atom stereocenters. The van der Waals surface area contributed by atoms with Crippen molar-refractivity contribution in [2.24, 2.45) is 5.73 Å². The molecule has 0 radical (unpaired) electrons. The van der Waals surface area contributed by atoms with E-state index in [-0.39, 0.29) is 0 Å². The molecule has 2 aromatic carbocycles. The second-order valence-corrected chi connectivity index (χ2v) is 5.49. The summed E-state index contributed by atoms with van der Waals surface area (Å²) in [4.78, 5) is 0.939. The van der Waals surface area contributed by atoms with Crippen molar-refractivity contribution < 1.29 is 4.74 Å². The standard InChI is InChI=1S/C18H21NOS.C2H6/c1-3-16(14-10-8-13(2)9-11-14)20-18(19)12-15-6-4-5-7-17(15)21;1-2/h3-11,18,21H,12,19H2,1-2H3;1-2H3/b16-3+;. The molecule has 0 aliphatic heterocycles. The topological polar surface area (TPSA) is 35.2 Å². The Hall–Kier alpha value is -1.71. The highest BCUT2D eigenvalue weighted by Gasteiger charge is 2.10. The van der Waals surface area contributed by atoms with Gasteiger partial charge in [-0.1, -0.05) is 61.9 Å². The fourth-order valence-electron chi connectivity index (χ4n) is 2.13. The summed E-state index contributed by atoms with van der Waals surface area (Å²) in [6.45, 7) is 8.02. The number of ether oxygens (including phenoxy) is 1. The minimum atomic E-state index is -0.397. The van der Waals surface area contributed by atoms with Gasteiger partial charge in [-0.15, -0.1) is 12.6 Å². The molecule has 0 aliphatic carbocycles. The zero-order chi connectivity index (χ0) is 17.2. The fourth-order valence-corrected chi connectivity index (χ4v) is 2.38. The molecule has 2 aromatic rings. The van der Waals surface area contributed by atoms with Crippen LogP contribution in [0.15, 0.2) is 59.5 Å². The molecule has 0 amide bonds. The first-order chi connectivity index (χ1) is 11.1. The van der Waals surface area contributed by atoms with E-state index in [0.717, 1.165) is 21.8 Å². The van der Waals surface area contributed by atoms with Crippen LogP contribution in [0.25, 0.3) is 5.76 Å². The molecule has 1 unspecified atom stereocenters. The highest BCUT2D eigenvalue weighted by atomic mass is 32.1. The Labute approximate surface area is 145 Å². The van der Waals surface area contributed by atoms with Crippen molar-refractivity contribution in [2.75, 3.05) is 0 Å². The van der Waals surface area contributed by atoms with Gasteiger partial charge in [0.15, 0.2) is 6.23 Å². The molecule has 0 aromatic heterocycles. The Morgan fingerprint density at radius 3 is 2.30 bits per heavy atom. The Morgan fingerprint density at radius 1 is 1.13 bits per heavy atom. The minimum Gasteiger partial charge on any atom is -0.475 e. The largest absolute Gasteiger partial charge is 0.475 e. The summed E-state index contributed by atoms with van der Waals surface area (Å²) < 4.78 is 5.89. The molecule has 0 bridgehead atoms. The molecule has 3 heteroatoms. The first kappa shape index (κ1) is 19.3. The predicted molar refractivity (Wildman–Crippen MR) is 103 cm³/mol. The van der Waals surface area contributed by atoms with Gasteiger partial charge >= 0.3 is 0 Å². The molecule has 0 spiro atoms. The zero-order valence-electron chi connectivity index (χ0n) is 14.4. The third kappa shape index (κ3) is 6.12. The van der Waals surface area contributed by atoms with E-state index >= 15 is 0 Å². The lowest BCUT2D eigenvalue weighted by atomic mass is 10.1. The quantitative estimate of drug-likeness (QED) is 0.448. The van der Waals surface area contributed by atoms with E-state index in [0.29, 0.717) is 6.42 Å². The van der Waals surface area contributed by atoms with Gasteiger partial charge in [0, 0.05) is 16.9 Å². The summed E-state index contributed by atoms with van der Waals surface area (Å²) >= 11 is 4.44. The summed E-state index contributed by atoms with van der Waals surface area (Å²) in [6.07, 6.45) is 2.17. The molecule has 0 saturated carbocycles. The third-order valence-electron chi connectivity index (χ3n) is 3.29. The SMILES string of the molecule is C/C=C(/OC(N)Cc1ccccc1S)c1ccc(C)cc1.CC. The molecule has 0 heterocycles. The molecule has 0 fully saturated rings. The highest BCUT2D eigenvalue weighted by Crippen LogP contribution is 2.20. The van der Waals surface area contributed by atoms with Crippen LogP contribution in [0.2, 0.25) is 0 Å². The van der Waals surface area contributed by atoms with Gasteiger partial charge < -0.3 is 4.74 Å². The monoisotopic (exact) mass is 329 g/mol. The van der Waals surface area contributed by atoms with Gasteiger partial charge in [-0.05, 0) is 31.6 Å². The van der Waals surface area contributed by atoms with Crippen LogP contribution in [-0.4, -0.2) is 6.23 Å². The lowest BCUT2D eigenvalue weighted by Crippen LogP contribution is -2.26. The number of aryl methyl sites for hydroxylation is 1. The van der Waals surface area contributed by atoms with Crippen LogP contribution in [0.1, 0.15) is 37.5 Å². The van der Waals surface area contributed by atoms with Crippen molar-refractivity contribution >= 4 is 18.4 Å². The van der Waals surface area contributed by atoms with E-state index in [2.05, 4.69) is 31.7 Å². The lowest BCUT2D eigenvalue weighted by molar-refractivity contribution is 0.173. The number of thiol groups is 1. The van der Waals surface area contributed by atoms with Crippen molar-refractivity contribution in [3.05, 3.63) is 71.3 Å². The molecular weight excluding hydrogens is 302 g/mol. The highest BCUT2D eigenvalue weighted by molar-refractivity contribution is 7.80. The van der Waals surface area contributed by atoms with Gasteiger partial charge in [-0.25, -0.2) is 0 Å². The first-order valence-corrected chi connectivity index (χ1v) is 8.47. The van der Waals surface area contributed by atoms with Crippen molar-refractivity contribution in [3.63, 3.8) is 0 Å². The Morgan fingerprint density at radius 2 is 1.74 bits per heavy atom. The number of benzene rings is 2. The smallest absolute Gasteiger partial charge is 0.151 e. The maximum Gasteiger partial charge on any atom is 0.151 e. The second kappa shape index (κ2) is 10.1. The molecular formula is C20H27NOS. The van der Waals surface area contributed by atoms with Crippen molar-refractivity contribution in [3.8, 4) is 0 Å². The molecule has 0 saturated heterocycles. The third-order valence-corrected chi connectivity index (χ3v) is 3.73. The van der Waals surface area contributed by atoms with Gasteiger partial charge in [0.1, 0.15) is 5.76 Å². The lowest BCUT2D eigenvalue weighted by Gasteiger charge is -2.18. The van der Waals surface area contributed by atoms with Crippen LogP contribution in [-0.2, 0) is 11.2 Å². The van der Waals surface area contributed by atoms with Gasteiger partial charge in [-0.2, -0.15) is 0 Å². The summed E-state index contributed by atoms with van der Waals surface area (Å²) in [5.41, 5.74) is 9.48. The van der Waals surface area contributed by atoms with Crippen LogP contribution >= 0.6 is 12.6 Å². The van der Waals surface area contributed by atoms with E-state index in [1.165, 1.54) is 5.56 Å². The number of allylic oxidation sites excluding steroid dienone is 1. The summed E-state index contributed by atoms with van der Waals surface area (Å²) in [5, 5.41) is 0. The van der Waals surface area contributed by atoms with Crippen molar-refractivity contribution in [1.29, 1.82) is 0 Å². The first-order valence-electron chi connectivity index (χ1n) is 8.02. The van der Waals surface area contributed by atoms with E-state index in [4.69, 9.17) is 10.5 Å². The number of rotatable bonds is 5. The summed E-state index contributed by atoms with van der Waals surface area (Å²) in [7, 11) is 0. The predicted octanol–water partition coefficient (Wildman–Crippen LogP) is 5.21. The van der Waals surface area contributed by atoms with E-state index in [1.807, 2.05) is 63.2 Å². The number of hydrogen-bond donors (Lipinski definition) is 2. The van der Waals surface area contributed by atoms with Gasteiger partial charge in [0.05, 0.1) is 0 Å². The van der Waals surface area contributed by atoms with Crippen LogP contribution in [0.4, 0.5) is 0 Å². The maximum atomic E-state index is 6.12. The van der Waals surface area contributed by atoms with Crippen LogP contribution in [0.5, 0.6) is 0 Å². The number of hydrogen-bond acceptors (Lipinski definition) is 3. The zero-order valence-corrected chi connectivity index (χ0v) is 15.3. The molecule has 23 heavy (non-hydrogen) atoms. The van der Waals surface area contributed by atoms with Gasteiger partial charge in [0.25, 0.3) is 0 Å². The minimum absolute atomic E-state index is 0.397. The summed E-state index contributed by atoms with van der Waals surface area (Å²) in [6, 6.07) is 16.1. The van der Waals surface area contributed by atoms with Crippen LogP contribution in [0.3, 0.4) is 0 Å². The molecule has 124 valence electrons. The molecule has 2 rings (SSSR count). The molecule has 2 N–H and O–H groups in total. The molecule has 2 nitrogen and oxygen atoms in total. The van der Waals surface area contributed by atoms with Gasteiger partial charge in [0.2, 0.25) is 0 Å². The summed E-state index contributed by atoms with van der Waals surface area (Å²) in [5.74, 6) is 0.805. The van der Waals surface area contributed by atoms with Crippen molar-refractivity contribution in [2.45, 2.75) is 45.2 Å². The Bertz CT molecular complexity index is 620. The molecule has 0 aliphatic rings.